The number of rotatable bonds is 4. The smallest absolute Gasteiger partial charge is 0.416 e. The Hall–Kier alpha value is -4.50. The van der Waals surface area contributed by atoms with Gasteiger partial charge in [-0.25, -0.2) is 4.99 Å². The van der Waals surface area contributed by atoms with Crippen molar-refractivity contribution in [1.29, 1.82) is 10.5 Å². The van der Waals surface area contributed by atoms with Gasteiger partial charge in [-0.05, 0) is 47.5 Å². The predicted molar refractivity (Wildman–Crippen MR) is 114 cm³/mol. The second-order valence-electron chi connectivity index (χ2n) is 6.48. The maximum absolute atomic E-state index is 13.0. The van der Waals surface area contributed by atoms with E-state index in [0.717, 1.165) is 12.1 Å². The van der Waals surface area contributed by atoms with Crippen LogP contribution in [0.2, 0.25) is 0 Å². The van der Waals surface area contributed by atoms with Gasteiger partial charge in [0.2, 0.25) is 5.96 Å². The van der Waals surface area contributed by atoms with Gasteiger partial charge in [0.05, 0.1) is 23.9 Å². The molecule has 32 heavy (non-hydrogen) atoms. The van der Waals surface area contributed by atoms with Crippen molar-refractivity contribution in [2.45, 2.75) is 6.18 Å². The Morgan fingerprint density at radius 2 is 1.69 bits per heavy atom. The number of nitriles is 2. The summed E-state index contributed by atoms with van der Waals surface area (Å²) in [4.78, 5) is 4.31. The van der Waals surface area contributed by atoms with Gasteiger partial charge in [-0.3, -0.25) is 5.32 Å². The molecule has 0 saturated carbocycles. The molecule has 3 rings (SSSR count). The Bertz CT molecular complexity index is 1240. The predicted octanol–water partition coefficient (Wildman–Crippen LogP) is 5.42. The minimum absolute atomic E-state index is 0.0838. The van der Waals surface area contributed by atoms with Crippen molar-refractivity contribution in [3.8, 4) is 29.1 Å². The molecule has 0 amide bonds. The van der Waals surface area contributed by atoms with E-state index in [4.69, 9.17) is 15.3 Å². The number of hydrogen-bond acceptors (Lipinski definition) is 4. The van der Waals surface area contributed by atoms with E-state index < -0.39 is 11.7 Å². The third kappa shape index (κ3) is 5.35. The van der Waals surface area contributed by atoms with E-state index in [0.29, 0.717) is 33.8 Å². The molecular weight excluding hydrogens is 419 g/mol. The normalized spacial score (nSPS) is 11.2. The quantitative estimate of drug-likeness (QED) is 0.247. The van der Waals surface area contributed by atoms with Crippen LogP contribution in [0.25, 0.3) is 11.1 Å². The van der Waals surface area contributed by atoms with Crippen molar-refractivity contribution >= 4 is 17.3 Å². The monoisotopic (exact) mass is 435 g/mol. The maximum Gasteiger partial charge on any atom is 0.416 e. The molecule has 0 radical (unpaired) electrons. The van der Waals surface area contributed by atoms with Crippen LogP contribution < -0.4 is 15.4 Å². The van der Waals surface area contributed by atoms with Gasteiger partial charge in [0.25, 0.3) is 0 Å². The van der Waals surface area contributed by atoms with Gasteiger partial charge in [0.15, 0.2) is 6.19 Å². The van der Waals surface area contributed by atoms with Gasteiger partial charge in [0, 0.05) is 11.8 Å². The van der Waals surface area contributed by atoms with Gasteiger partial charge in [-0.2, -0.15) is 23.7 Å². The average molecular weight is 435 g/mol. The van der Waals surface area contributed by atoms with Crippen LogP contribution in [0.4, 0.5) is 24.5 Å². The van der Waals surface area contributed by atoms with Crippen LogP contribution in [-0.4, -0.2) is 13.1 Å². The summed E-state index contributed by atoms with van der Waals surface area (Å²) in [6.07, 6.45) is -2.66. The molecule has 0 unspecified atom stereocenters. The fourth-order valence-corrected chi connectivity index (χ4v) is 2.90. The molecule has 0 atom stereocenters. The number of ether oxygens (including phenoxy) is 1. The lowest BCUT2D eigenvalue weighted by Gasteiger charge is -2.12. The Balaban J connectivity index is 1.91. The molecule has 9 heteroatoms. The summed E-state index contributed by atoms with van der Waals surface area (Å²) < 4.78 is 44.3. The Kier molecular flexibility index (Phi) is 6.62. The zero-order valence-corrected chi connectivity index (χ0v) is 16.7. The van der Waals surface area contributed by atoms with Gasteiger partial charge >= 0.3 is 6.18 Å². The standard InChI is InChI=1S/C23H16F3N5O/c1-32-21-12-20(9-8-17(21)13-27)31-22(29-14-28)30-19-7-3-5-16(11-19)15-4-2-6-18(10-15)23(24,25)26/h2-12H,1H3,(H2,29,30,31). The van der Waals surface area contributed by atoms with Crippen LogP contribution in [-0.2, 0) is 6.18 Å². The van der Waals surface area contributed by atoms with Crippen LogP contribution in [0.5, 0.6) is 5.75 Å². The molecule has 3 aromatic rings. The number of halogens is 3. The maximum atomic E-state index is 13.0. The molecular formula is C23H16F3N5O. The third-order valence-electron chi connectivity index (χ3n) is 4.37. The first-order valence-electron chi connectivity index (χ1n) is 9.20. The Morgan fingerprint density at radius 1 is 0.969 bits per heavy atom. The first-order chi connectivity index (χ1) is 15.3. The van der Waals surface area contributed by atoms with Crippen LogP contribution in [0.1, 0.15) is 11.1 Å². The Morgan fingerprint density at radius 3 is 2.34 bits per heavy atom. The van der Waals surface area contributed by atoms with Crippen LogP contribution in [0, 0.1) is 22.8 Å². The summed E-state index contributed by atoms with van der Waals surface area (Å²) in [5.74, 6) is 0.414. The fourth-order valence-electron chi connectivity index (χ4n) is 2.90. The minimum Gasteiger partial charge on any atom is -0.495 e. The highest BCUT2D eigenvalue weighted by Crippen LogP contribution is 2.32. The summed E-state index contributed by atoms with van der Waals surface area (Å²) >= 11 is 0. The Labute approximate surface area is 182 Å². The zero-order valence-electron chi connectivity index (χ0n) is 16.7. The summed E-state index contributed by atoms with van der Waals surface area (Å²) in [7, 11) is 1.43. The lowest BCUT2D eigenvalue weighted by Crippen LogP contribution is -2.26. The molecule has 6 nitrogen and oxygen atoms in total. The number of aliphatic imine (C=N–C) groups is 1. The lowest BCUT2D eigenvalue weighted by molar-refractivity contribution is -0.137. The molecule has 0 bridgehead atoms. The van der Waals surface area contributed by atoms with E-state index >= 15 is 0 Å². The number of benzene rings is 3. The summed E-state index contributed by atoms with van der Waals surface area (Å²) in [5, 5.41) is 23.5. The van der Waals surface area contributed by atoms with E-state index in [1.165, 1.54) is 19.2 Å². The van der Waals surface area contributed by atoms with Crippen molar-refractivity contribution in [3.05, 3.63) is 77.9 Å². The molecule has 0 saturated heterocycles. The number of hydrogen-bond donors (Lipinski definition) is 2. The van der Waals surface area contributed by atoms with Crippen LogP contribution >= 0.6 is 0 Å². The highest BCUT2D eigenvalue weighted by molar-refractivity contribution is 5.96. The summed E-state index contributed by atoms with van der Waals surface area (Å²) in [6.45, 7) is 0. The van der Waals surface area contributed by atoms with Crippen molar-refractivity contribution in [3.63, 3.8) is 0 Å². The van der Waals surface area contributed by atoms with Crippen LogP contribution in [0.3, 0.4) is 0 Å². The van der Waals surface area contributed by atoms with Crippen molar-refractivity contribution in [2.24, 2.45) is 4.99 Å². The second kappa shape index (κ2) is 9.54. The third-order valence-corrected chi connectivity index (χ3v) is 4.37. The first kappa shape index (κ1) is 22.2. The molecule has 0 aromatic heterocycles. The van der Waals surface area contributed by atoms with Crippen molar-refractivity contribution in [1.82, 2.24) is 5.32 Å². The number of methoxy groups -OCH3 is 1. The largest absolute Gasteiger partial charge is 0.495 e. The molecule has 0 heterocycles. The van der Waals surface area contributed by atoms with Gasteiger partial charge in [-0.15, -0.1) is 0 Å². The molecule has 160 valence electrons. The highest BCUT2D eigenvalue weighted by Gasteiger charge is 2.30. The number of guanidine groups is 1. The highest BCUT2D eigenvalue weighted by atomic mass is 19.4. The van der Waals surface area contributed by atoms with Crippen molar-refractivity contribution < 1.29 is 17.9 Å². The molecule has 0 spiro atoms. The van der Waals surface area contributed by atoms with E-state index in [2.05, 4.69) is 15.6 Å². The number of nitrogens with zero attached hydrogens (tertiary/aromatic N) is 3. The SMILES string of the molecule is COc1cc(N=C(NC#N)Nc2cccc(-c3cccc(C(F)(F)F)c3)c2)ccc1C#N. The molecule has 0 aliphatic rings. The molecule has 3 aromatic carbocycles. The van der Waals surface area contributed by atoms with E-state index in [9.17, 15) is 13.2 Å². The molecule has 0 aliphatic carbocycles. The van der Waals surface area contributed by atoms with Gasteiger partial charge in [-0.1, -0.05) is 24.3 Å². The molecule has 0 aliphatic heterocycles. The van der Waals surface area contributed by atoms with Gasteiger partial charge in [0.1, 0.15) is 11.8 Å². The fraction of sp³-hybridized carbons (Fsp3) is 0.0870. The van der Waals surface area contributed by atoms with Gasteiger partial charge < -0.3 is 10.1 Å². The minimum atomic E-state index is -4.44. The van der Waals surface area contributed by atoms with E-state index in [1.807, 2.05) is 6.07 Å². The zero-order chi connectivity index (χ0) is 23.1. The number of nitrogens with one attached hydrogen (secondary N) is 2. The number of anilines is 1. The lowest BCUT2D eigenvalue weighted by atomic mass is 10.0. The van der Waals surface area contributed by atoms with Crippen LogP contribution in [0.15, 0.2) is 71.7 Å². The summed E-state index contributed by atoms with van der Waals surface area (Å²) in [6, 6.07) is 18.4. The summed E-state index contributed by atoms with van der Waals surface area (Å²) in [5.41, 5.74) is 1.46. The second-order valence-corrected chi connectivity index (χ2v) is 6.48. The number of alkyl halides is 3. The molecule has 0 fully saturated rings. The van der Waals surface area contributed by atoms with E-state index in [-0.39, 0.29) is 5.96 Å². The topological polar surface area (TPSA) is 93.2 Å². The molecule has 2 N–H and O–H groups in total. The van der Waals surface area contributed by atoms with Crippen molar-refractivity contribution in [2.75, 3.05) is 12.4 Å². The average Bonchev–Trinajstić information content (AvgIpc) is 2.79. The van der Waals surface area contributed by atoms with E-state index in [1.54, 1.807) is 48.7 Å². The first-order valence-corrected chi connectivity index (χ1v) is 9.20.